The molecular weight excluding hydrogens is 240 g/mol. The molecule has 3 heteroatoms. The third-order valence-electron chi connectivity index (χ3n) is 3.93. The van der Waals surface area contributed by atoms with Crippen LogP contribution in [0.4, 0.5) is 0 Å². The molecule has 100 valence electrons. The van der Waals surface area contributed by atoms with Gasteiger partial charge in [0.05, 0.1) is 0 Å². The summed E-state index contributed by atoms with van der Waals surface area (Å²) in [5.74, 6) is 0. The SMILES string of the molecule is CCCCN1CCCCC1c1ccc(=S)[nH]c1C. The van der Waals surface area contributed by atoms with Gasteiger partial charge in [0.1, 0.15) is 4.64 Å². The van der Waals surface area contributed by atoms with Crippen LogP contribution in [0.15, 0.2) is 12.1 Å². The van der Waals surface area contributed by atoms with E-state index in [0.29, 0.717) is 6.04 Å². The molecule has 1 N–H and O–H groups in total. The maximum Gasteiger partial charge on any atom is 0.103 e. The van der Waals surface area contributed by atoms with Crippen molar-refractivity contribution in [1.29, 1.82) is 0 Å². The fourth-order valence-electron chi connectivity index (χ4n) is 2.92. The molecule has 1 atom stereocenters. The number of aryl methyl sites for hydroxylation is 1. The highest BCUT2D eigenvalue weighted by atomic mass is 32.1. The lowest BCUT2D eigenvalue weighted by Gasteiger charge is -2.36. The van der Waals surface area contributed by atoms with Gasteiger partial charge in [0.2, 0.25) is 0 Å². The maximum atomic E-state index is 5.19. The maximum absolute atomic E-state index is 5.19. The molecule has 2 nitrogen and oxygen atoms in total. The lowest BCUT2D eigenvalue weighted by molar-refractivity contribution is 0.146. The molecule has 0 saturated carbocycles. The van der Waals surface area contributed by atoms with Crippen molar-refractivity contribution in [2.75, 3.05) is 13.1 Å². The van der Waals surface area contributed by atoms with E-state index in [1.54, 1.807) is 0 Å². The highest BCUT2D eigenvalue weighted by Gasteiger charge is 2.24. The lowest BCUT2D eigenvalue weighted by atomic mass is 9.94. The molecule has 1 saturated heterocycles. The van der Waals surface area contributed by atoms with Crippen molar-refractivity contribution in [2.24, 2.45) is 0 Å². The zero-order chi connectivity index (χ0) is 13.0. The number of likely N-dealkylation sites (tertiary alicyclic amines) is 1. The molecule has 1 aliphatic heterocycles. The van der Waals surface area contributed by atoms with Gasteiger partial charge in [-0.05, 0) is 50.9 Å². The monoisotopic (exact) mass is 264 g/mol. The molecule has 1 fully saturated rings. The largest absolute Gasteiger partial charge is 0.350 e. The van der Waals surface area contributed by atoms with Gasteiger partial charge in [-0.25, -0.2) is 0 Å². The van der Waals surface area contributed by atoms with E-state index < -0.39 is 0 Å². The zero-order valence-electron chi connectivity index (χ0n) is 11.5. The van der Waals surface area contributed by atoms with Crippen molar-refractivity contribution in [3.05, 3.63) is 28.0 Å². The van der Waals surface area contributed by atoms with Crippen molar-refractivity contribution in [1.82, 2.24) is 9.88 Å². The van der Waals surface area contributed by atoms with Gasteiger partial charge in [-0.1, -0.05) is 38.0 Å². The molecule has 2 heterocycles. The van der Waals surface area contributed by atoms with Crippen LogP contribution in [0.1, 0.15) is 56.3 Å². The van der Waals surface area contributed by atoms with Crippen LogP contribution in [0.2, 0.25) is 0 Å². The Morgan fingerprint density at radius 3 is 2.94 bits per heavy atom. The Morgan fingerprint density at radius 1 is 1.39 bits per heavy atom. The number of pyridine rings is 1. The summed E-state index contributed by atoms with van der Waals surface area (Å²) in [7, 11) is 0. The van der Waals surface area contributed by atoms with E-state index in [9.17, 15) is 0 Å². The minimum atomic E-state index is 0.595. The molecule has 1 aliphatic rings. The van der Waals surface area contributed by atoms with Crippen LogP contribution in [0.25, 0.3) is 0 Å². The molecule has 1 aromatic rings. The predicted octanol–water partition coefficient (Wildman–Crippen LogP) is 4.38. The second-order valence-corrected chi connectivity index (χ2v) is 5.74. The molecule has 2 rings (SSSR count). The summed E-state index contributed by atoms with van der Waals surface area (Å²) in [6, 6.07) is 4.85. The molecule has 0 spiro atoms. The fraction of sp³-hybridized carbons (Fsp3) is 0.667. The number of H-pyrrole nitrogens is 1. The molecule has 1 aromatic heterocycles. The first-order valence-electron chi connectivity index (χ1n) is 7.16. The van der Waals surface area contributed by atoms with Crippen molar-refractivity contribution < 1.29 is 0 Å². The number of aromatic nitrogens is 1. The molecule has 0 bridgehead atoms. The summed E-state index contributed by atoms with van der Waals surface area (Å²) in [5.41, 5.74) is 2.69. The normalized spacial score (nSPS) is 21.1. The van der Waals surface area contributed by atoms with Crippen molar-refractivity contribution in [3.8, 4) is 0 Å². The zero-order valence-corrected chi connectivity index (χ0v) is 12.4. The number of hydrogen-bond acceptors (Lipinski definition) is 2. The second-order valence-electron chi connectivity index (χ2n) is 5.30. The van der Waals surface area contributed by atoms with Gasteiger partial charge in [0.15, 0.2) is 0 Å². The van der Waals surface area contributed by atoms with E-state index in [0.717, 1.165) is 4.64 Å². The number of unbranched alkanes of at least 4 members (excludes halogenated alkanes) is 1. The fourth-order valence-corrected chi connectivity index (χ4v) is 3.14. The van der Waals surface area contributed by atoms with Crippen LogP contribution in [-0.2, 0) is 0 Å². The first-order valence-corrected chi connectivity index (χ1v) is 7.57. The number of nitrogens with one attached hydrogen (secondary N) is 1. The van der Waals surface area contributed by atoms with Crippen LogP contribution in [0, 0.1) is 11.6 Å². The molecule has 0 amide bonds. The molecule has 18 heavy (non-hydrogen) atoms. The standard InChI is InChI=1S/C15H24N2S/c1-3-4-10-17-11-6-5-7-14(17)13-8-9-15(18)16-12(13)2/h8-9,14H,3-7,10-11H2,1-2H3,(H,16,18). The summed E-state index contributed by atoms with van der Waals surface area (Å²) >= 11 is 5.19. The third kappa shape index (κ3) is 3.21. The first kappa shape index (κ1) is 13.8. The van der Waals surface area contributed by atoms with E-state index in [2.05, 4.69) is 29.8 Å². The smallest absolute Gasteiger partial charge is 0.103 e. The highest BCUT2D eigenvalue weighted by Crippen LogP contribution is 2.32. The summed E-state index contributed by atoms with van der Waals surface area (Å²) in [5, 5.41) is 0. The molecule has 0 aromatic carbocycles. The highest BCUT2D eigenvalue weighted by molar-refractivity contribution is 7.71. The Morgan fingerprint density at radius 2 is 2.22 bits per heavy atom. The lowest BCUT2D eigenvalue weighted by Crippen LogP contribution is -2.34. The van der Waals surface area contributed by atoms with Crippen LogP contribution in [-0.4, -0.2) is 23.0 Å². The van der Waals surface area contributed by atoms with Gasteiger partial charge < -0.3 is 4.98 Å². The average molecular weight is 264 g/mol. The van der Waals surface area contributed by atoms with E-state index in [1.165, 1.54) is 56.5 Å². The van der Waals surface area contributed by atoms with Crippen LogP contribution >= 0.6 is 12.2 Å². The Bertz CT molecular complexity index is 438. The Kier molecular flexibility index (Phi) is 4.95. The third-order valence-corrected chi connectivity index (χ3v) is 4.17. The molecule has 0 radical (unpaired) electrons. The van der Waals surface area contributed by atoms with Gasteiger partial charge in [0.25, 0.3) is 0 Å². The van der Waals surface area contributed by atoms with Gasteiger partial charge in [-0.2, -0.15) is 0 Å². The number of piperidine rings is 1. The Balaban J connectivity index is 2.19. The summed E-state index contributed by atoms with van der Waals surface area (Å²) < 4.78 is 0.840. The van der Waals surface area contributed by atoms with E-state index in [1.807, 2.05) is 6.07 Å². The number of hydrogen-bond donors (Lipinski definition) is 1. The van der Waals surface area contributed by atoms with E-state index in [4.69, 9.17) is 12.2 Å². The van der Waals surface area contributed by atoms with Crippen molar-refractivity contribution in [3.63, 3.8) is 0 Å². The van der Waals surface area contributed by atoms with Gasteiger partial charge in [-0.15, -0.1) is 0 Å². The predicted molar refractivity (Wildman–Crippen MR) is 79.4 cm³/mol. The summed E-state index contributed by atoms with van der Waals surface area (Å²) in [4.78, 5) is 5.96. The van der Waals surface area contributed by atoms with Crippen molar-refractivity contribution >= 4 is 12.2 Å². The van der Waals surface area contributed by atoms with Crippen LogP contribution in [0.5, 0.6) is 0 Å². The first-order chi connectivity index (χ1) is 8.72. The van der Waals surface area contributed by atoms with Crippen molar-refractivity contribution in [2.45, 2.75) is 52.0 Å². The molecular formula is C15H24N2S. The average Bonchev–Trinajstić information content (AvgIpc) is 2.37. The summed E-state index contributed by atoms with van der Waals surface area (Å²) in [6.07, 6.45) is 6.57. The van der Waals surface area contributed by atoms with Crippen LogP contribution < -0.4 is 0 Å². The Hall–Kier alpha value is -0.670. The minimum Gasteiger partial charge on any atom is -0.350 e. The summed E-state index contributed by atoms with van der Waals surface area (Å²) in [6.45, 7) is 6.90. The van der Waals surface area contributed by atoms with E-state index in [-0.39, 0.29) is 0 Å². The molecule has 0 aliphatic carbocycles. The van der Waals surface area contributed by atoms with E-state index >= 15 is 0 Å². The topological polar surface area (TPSA) is 19.0 Å². The number of aromatic amines is 1. The van der Waals surface area contributed by atoms with Gasteiger partial charge in [-0.3, -0.25) is 4.90 Å². The van der Waals surface area contributed by atoms with Gasteiger partial charge in [0, 0.05) is 11.7 Å². The second kappa shape index (κ2) is 6.48. The molecule has 1 unspecified atom stereocenters. The minimum absolute atomic E-state index is 0.595. The Labute approximate surface area is 115 Å². The van der Waals surface area contributed by atoms with Crippen LogP contribution in [0.3, 0.4) is 0 Å². The number of rotatable bonds is 4. The number of nitrogens with zero attached hydrogens (tertiary/aromatic N) is 1. The van der Waals surface area contributed by atoms with Gasteiger partial charge >= 0.3 is 0 Å². The quantitative estimate of drug-likeness (QED) is 0.814.